The van der Waals surface area contributed by atoms with Crippen molar-refractivity contribution in [3.8, 4) is 5.75 Å². The Balaban J connectivity index is 1.67. The van der Waals surface area contributed by atoms with Crippen LogP contribution in [0.5, 0.6) is 5.75 Å². The van der Waals surface area contributed by atoms with E-state index in [9.17, 15) is 4.79 Å². The van der Waals surface area contributed by atoms with Crippen LogP contribution in [0.2, 0.25) is 5.02 Å². The van der Waals surface area contributed by atoms with Gasteiger partial charge >= 0.3 is 0 Å². The maximum absolute atomic E-state index is 13.1. The number of amides is 1. The second kappa shape index (κ2) is 14.3. The number of halogens is 1. The Bertz CT molecular complexity index is 902. The monoisotopic (exact) mass is 488 g/mol. The normalized spacial score (nSPS) is 16.7. The lowest BCUT2D eigenvalue weighted by Gasteiger charge is -2.26. The first kappa shape index (κ1) is 26.5. The third kappa shape index (κ3) is 8.91. The molecule has 2 N–H and O–H groups in total. The number of benzene rings is 2. The van der Waals surface area contributed by atoms with Crippen molar-refractivity contribution in [3.63, 3.8) is 0 Å². The van der Waals surface area contributed by atoms with Gasteiger partial charge < -0.3 is 24.8 Å². The molecule has 1 unspecified atom stereocenters. The number of carbonyl (C=O) groups is 1. The zero-order valence-electron chi connectivity index (χ0n) is 20.3. The molecule has 34 heavy (non-hydrogen) atoms. The standard InChI is InChI=1S/C27H37ClN2O4/c1-29-25(15-21-7-4-10-33-19-21)18-30-27(31)23-13-22(12-20-6-3-8-24(28)14-20)16-26(17-23)34-11-5-9-32-2/h3,6,8,13-14,16-17,21,25,29H,4-5,7,9-12,15,18-19H2,1-2H3,(H,30,31)/t21-,25?/m1/s1. The molecule has 2 aromatic carbocycles. The van der Waals surface area contributed by atoms with Crippen LogP contribution in [0.1, 0.15) is 47.2 Å². The third-order valence-electron chi connectivity index (χ3n) is 6.08. The van der Waals surface area contributed by atoms with E-state index in [0.29, 0.717) is 48.4 Å². The average molecular weight is 489 g/mol. The Labute approximate surface area is 208 Å². The van der Waals surface area contributed by atoms with Gasteiger partial charge in [0, 0.05) is 56.5 Å². The molecule has 0 aliphatic carbocycles. The number of carbonyl (C=O) groups excluding carboxylic acids is 1. The van der Waals surface area contributed by atoms with Crippen molar-refractivity contribution in [2.45, 2.75) is 38.1 Å². The molecule has 1 heterocycles. The van der Waals surface area contributed by atoms with Crippen LogP contribution in [0.4, 0.5) is 0 Å². The summed E-state index contributed by atoms with van der Waals surface area (Å²) in [5.41, 5.74) is 2.68. The van der Waals surface area contributed by atoms with Crippen LogP contribution in [0.25, 0.3) is 0 Å². The highest BCUT2D eigenvalue weighted by Crippen LogP contribution is 2.22. The van der Waals surface area contributed by atoms with Gasteiger partial charge in [0.05, 0.1) is 6.61 Å². The predicted octanol–water partition coefficient (Wildman–Crippen LogP) is 4.48. The molecular formula is C27H37ClN2O4. The van der Waals surface area contributed by atoms with Crippen LogP contribution in [-0.4, -0.2) is 59.1 Å². The van der Waals surface area contributed by atoms with Gasteiger partial charge in [-0.05, 0) is 80.1 Å². The maximum atomic E-state index is 13.1. The molecule has 0 aromatic heterocycles. The molecule has 7 heteroatoms. The van der Waals surface area contributed by atoms with E-state index >= 15 is 0 Å². The Kier molecular flexibility index (Phi) is 11.2. The minimum Gasteiger partial charge on any atom is -0.493 e. The number of hydrogen-bond donors (Lipinski definition) is 2. The lowest BCUT2D eigenvalue weighted by Crippen LogP contribution is -2.41. The number of nitrogens with one attached hydrogen (secondary N) is 2. The fraction of sp³-hybridized carbons (Fsp3) is 0.519. The molecule has 1 fully saturated rings. The second-order valence-electron chi connectivity index (χ2n) is 8.88. The largest absolute Gasteiger partial charge is 0.493 e. The summed E-state index contributed by atoms with van der Waals surface area (Å²) in [7, 11) is 3.62. The van der Waals surface area contributed by atoms with Crippen LogP contribution in [0, 0.1) is 5.92 Å². The molecule has 1 saturated heterocycles. The van der Waals surface area contributed by atoms with Gasteiger partial charge in [0.1, 0.15) is 5.75 Å². The summed E-state index contributed by atoms with van der Waals surface area (Å²) < 4.78 is 16.6. The molecule has 3 rings (SSSR count). The van der Waals surface area contributed by atoms with Gasteiger partial charge in [-0.15, -0.1) is 0 Å². The summed E-state index contributed by atoms with van der Waals surface area (Å²) in [6.45, 7) is 3.39. The highest BCUT2D eigenvalue weighted by Gasteiger charge is 2.19. The van der Waals surface area contributed by atoms with Crippen molar-refractivity contribution in [2.24, 2.45) is 5.92 Å². The van der Waals surface area contributed by atoms with Crippen molar-refractivity contribution in [1.29, 1.82) is 0 Å². The van der Waals surface area contributed by atoms with E-state index in [1.165, 1.54) is 6.42 Å². The highest BCUT2D eigenvalue weighted by molar-refractivity contribution is 6.30. The van der Waals surface area contributed by atoms with Crippen LogP contribution >= 0.6 is 11.6 Å². The fourth-order valence-electron chi connectivity index (χ4n) is 4.27. The summed E-state index contributed by atoms with van der Waals surface area (Å²) in [6.07, 6.45) is 4.73. The second-order valence-corrected chi connectivity index (χ2v) is 9.32. The lowest BCUT2D eigenvalue weighted by atomic mass is 9.94. The average Bonchev–Trinajstić information content (AvgIpc) is 2.84. The zero-order chi connectivity index (χ0) is 24.2. The summed E-state index contributed by atoms with van der Waals surface area (Å²) >= 11 is 6.16. The molecular weight excluding hydrogens is 452 g/mol. The van der Waals surface area contributed by atoms with Gasteiger partial charge in [0.15, 0.2) is 0 Å². The van der Waals surface area contributed by atoms with Crippen molar-refractivity contribution in [3.05, 3.63) is 64.2 Å². The van der Waals surface area contributed by atoms with Crippen LogP contribution in [0.15, 0.2) is 42.5 Å². The Hall–Kier alpha value is -2.12. The van der Waals surface area contributed by atoms with E-state index in [1.807, 2.05) is 49.5 Å². The van der Waals surface area contributed by atoms with Gasteiger partial charge in [-0.2, -0.15) is 0 Å². The molecule has 0 radical (unpaired) electrons. The number of methoxy groups -OCH3 is 1. The van der Waals surface area contributed by atoms with E-state index in [0.717, 1.165) is 43.6 Å². The molecule has 0 bridgehead atoms. The van der Waals surface area contributed by atoms with Gasteiger partial charge in [-0.1, -0.05) is 23.7 Å². The van der Waals surface area contributed by atoms with Crippen molar-refractivity contribution in [2.75, 3.05) is 47.1 Å². The molecule has 1 aliphatic rings. The fourth-order valence-corrected chi connectivity index (χ4v) is 4.48. The minimum atomic E-state index is -0.102. The first-order chi connectivity index (χ1) is 16.6. The van der Waals surface area contributed by atoms with E-state index in [-0.39, 0.29) is 11.9 Å². The minimum absolute atomic E-state index is 0.102. The Morgan fingerprint density at radius 1 is 1.21 bits per heavy atom. The molecule has 2 atom stereocenters. The number of rotatable bonds is 13. The number of likely N-dealkylation sites (N-methyl/N-ethyl adjacent to an activating group) is 1. The van der Waals surface area contributed by atoms with E-state index in [1.54, 1.807) is 7.11 Å². The van der Waals surface area contributed by atoms with Gasteiger partial charge in [-0.25, -0.2) is 0 Å². The Morgan fingerprint density at radius 2 is 2.09 bits per heavy atom. The van der Waals surface area contributed by atoms with Crippen molar-refractivity contribution < 1.29 is 19.0 Å². The zero-order valence-corrected chi connectivity index (χ0v) is 21.0. The van der Waals surface area contributed by atoms with Crippen LogP contribution in [-0.2, 0) is 15.9 Å². The SMILES string of the molecule is CNC(CNC(=O)c1cc(Cc2cccc(Cl)c2)cc(OCCCOC)c1)C[C@H]1CCCOC1. The Morgan fingerprint density at radius 3 is 2.82 bits per heavy atom. The summed E-state index contributed by atoms with van der Waals surface area (Å²) in [5.74, 6) is 1.12. The smallest absolute Gasteiger partial charge is 0.251 e. The van der Waals surface area contributed by atoms with E-state index < -0.39 is 0 Å². The molecule has 0 saturated carbocycles. The molecule has 186 valence electrons. The number of ether oxygens (including phenoxy) is 3. The molecule has 0 spiro atoms. The summed E-state index contributed by atoms with van der Waals surface area (Å²) in [5, 5.41) is 7.14. The summed E-state index contributed by atoms with van der Waals surface area (Å²) in [6, 6.07) is 13.7. The van der Waals surface area contributed by atoms with Crippen LogP contribution in [0.3, 0.4) is 0 Å². The van der Waals surface area contributed by atoms with E-state index in [2.05, 4.69) is 10.6 Å². The third-order valence-corrected chi connectivity index (χ3v) is 6.31. The van der Waals surface area contributed by atoms with E-state index in [4.69, 9.17) is 25.8 Å². The quantitative estimate of drug-likeness (QED) is 0.407. The molecule has 1 aliphatic heterocycles. The van der Waals surface area contributed by atoms with Gasteiger partial charge in [0.25, 0.3) is 5.91 Å². The predicted molar refractivity (Wildman–Crippen MR) is 136 cm³/mol. The first-order valence-corrected chi connectivity index (χ1v) is 12.5. The number of hydrogen-bond acceptors (Lipinski definition) is 5. The van der Waals surface area contributed by atoms with Gasteiger partial charge in [0.2, 0.25) is 0 Å². The first-order valence-electron chi connectivity index (χ1n) is 12.1. The molecule has 1 amide bonds. The van der Waals surface area contributed by atoms with Gasteiger partial charge in [-0.3, -0.25) is 4.79 Å². The topological polar surface area (TPSA) is 68.8 Å². The van der Waals surface area contributed by atoms with Crippen molar-refractivity contribution in [1.82, 2.24) is 10.6 Å². The van der Waals surface area contributed by atoms with Crippen molar-refractivity contribution >= 4 is 17.5 Å². The molecule has 6 nitrogen and oxygen atoms in total. The van der Waals surface area contributed by atoms with Crippen LogP contribution < -0.4 is 15.4 Å². The summed E-state index contributed by atoms with van der Waals surface area (Å²) in [4.78, 5) is 13.1. The maximum Gasteiger partial charge on any atom is 0.251 e. The highest BCUT2D eigenvalue weighted by atomic mass is 35.5. The molecule has 2 aromatic rings. The lowest BCUT2D eigenvalue weighted by molar-refractivity contribution is 0.0478.